The molecule has 0 aliphatic heterocycles. The number of hydrogen-bond acceptors (Lipinski definition) is 2. The van der Waals surface area contributed by atoms with E-state index in [2.05, 4.69) is 12.6 Å². The topological polar surface area (TPSA) is 20.2 Å². The zero-order valence-electron chi connectivity index (χ0n) is 4.36. The van der Waals surface area contributed by atoms with Crippen LogP contribution in [0.15, 0.2) is 0 Å². The van der Waals surface area contributed by atoms with Crippen LogP contribution in [-0.2, 0) is 12.6 Å². The molecule has 0 radical (unpaired) electrons. The average Bonchev–Trinajstić information content (AvgIpc) is 0.722. The largest absolute Gasteiger partial charge is 1.00 e. The Morgan fingerprint density at radius 2 is 1.50 bits per heavy atom. The van der Waals surface area contributed by atoms with Crippen LogP contribution in [-0.4, -0.2) is 10.0 Å². The molecule has 0 aromatic heterocycles. The number of rotatable bonds is 0. The molecular weight excluding hydrogens is 107 g/mol. The van der Waals surface area contributed by atoms with Crippen molar-refractivity contribution in [3.05, 3.63) is 0 Å². The smallest absolute Gasteiger partial charge is 0.759 e. The van der Waals surface area contributed by atoms with Crippen molar-refractivity contribution < 1.29 is 34.7 Å². The van der Waals surface area contributed by atoms with E-state index in [0.717, 1.165) is 0 Å². The summed E-state index contributed by atoms with van der Waals surface area (Å²) in [6, 6.07) is 0. The number of hydrogen-bond donors (Lipinski definition) is 1. The van der Waals surface area contributed by atoms with Gasteiger partial charge in [-0.05, 0) is 0 Å². The van der Waals surface area contributed by atoms with Gasteiger partial charge in [0.25, 0.3) is 0 Å². The molecule has 0 atom stereocenters. The van der Waals surface area contributed by atoms with Crippen molar-refractivity contribution in [3.8, 4) is 0 Å². The van der Waals surface area contributed by atoms with Gasteiger partial charge < -0.3 is 17.7 Å². The van der Waals surface area contributed by atoms with Crippen LogP contribution < -0.4 is 29.6 Å². The van der Waals surface area contributed by atoms with E-state index < -0.39 is 4.93 Å². The second-order valence-electron chi connectivity index (χ2n) is 1.45. The fourth-order valence-corrected chi connectivity index (χ4v) is 0. The molecule has 0 saturated carbocycles. The maximum Gasteiger partial charge on any atom is 1.00 e. The first-order chi connectivity index (χ1) is 2.00. The molecule has 0 fully saturated rings. The molecule has 3 heteroatoms. The Kier molecular flexibility index (Phi) is 5.73. The minimum atomic E-state index is -0.917. The van der Waals surface area contributed by atoms with Gasteiger partial charge >= 0.3 is 29.6 Å². The predicted molar refractivity (Wildman–Crippen MR) is 23.7 cm³/mol. The minimum absolute atomic E-state index is 0. The zero-order chi connectivity index (χ0) is 4.50. The van der Waals surface area contributed by atoms with Gasteiger partial charge in [0.15, 0.2) is 0 Å². The van der Waals surface area contributed by atoms with Crippen molar-refractivity contribution in [3.63, 3.8) is 0 Å². The molecule has 0 aliphatic carbocycles. The summed E-state index contributed by atoms with van der Waals surface area (Å²) in [6.45, 7) is 3.12. The Morgan fingerprint density at radius 3 is 1.50 bits per heavy atom. The normalized spacial score (nSPS) is 10.0. The summed E-state index contributed by atoms with van der Waals surface area (Å²) in [7, 11) is 0. The second kappa shape index (κ2) is 3.33. The van der Waals surface area contributed by atoms with Crippen LogP contribution in [0.4, 0.5) is 0 Å². The van der Waals surface area contributed by atoms with Crippen molar-refractivity contribution in [1.29, 1.82) is 0 Å². The van der Waals surface area contributed by atoms with Gasteiger partial charge in [-0.15, -0.1) is 0 Å². The summed E-state index contributed by atoms with van der Waals surface area (Å²) in [4.78, 5) is -0.917. The van der Waals surface area contributed by atoms with E-state index in [4.69, 9.17) is 5.11 Å². The molecule has 6 heavy (non-hydrogen) atoms. The molecule has 0 rings (SSSR count). The van der Waals surface area contributed by atoms with Crippen molar-refractivity contribution in [2.24, 2.45) is 0 Å². The predicted octanol–water partition coefficient (Wildman–Crippen LogP) is -2.73. The molecule has 0 unspecified atom stereocenters. The van der Waals surface area contributed by atoms with E-state index in [1.165, 1.54) is 0 Å². The van der Waals surface area contributed by atoms with E-state index in [1.54, 1.807) is 13.8 Å². The molecule has 1 N–H and O–H groups in total. The van der Waals surface area contributed by atoms with Crippen LogP contribution in [0.25, 0.3) is 0 Å². The Balaban J connectivity index is 0. The molecule has 0 aromatic carbocycles. The molecular formula is C3H7NaOS. The summed E-state index contributed by atoms with van der Waals surface area (Å²) in [6.07, 6.45) is 0. The van der Waals surface area contributed by atoms with Gasteiger partial charge in [-0.1, -0.05) is 18.8 Å². The van der Waals surface area contributed by atoms with Gasteiger partial charge in [-0.2, -0.15) is 0 Å². The summed E-state index contributed by atoms with van der Waals surface area (Å²) in [5.41, 5.74) is 0. The molecule has 0 saturated heterocycles. The van der Waals surface area contributed by atoms with E-state index >= 15 is 0 Å². The first-order valence-corrected chi connectivity index (χ1v) is 1.84. The van der Waals surface area contributed by atoms with Gasteiger partial charge in [0, 0.05) is 0 Å². The van der Waals surface area contributed by atoms with Gasteiger partial charge in [-0.25, -0.2) is 0 Å². The molecule has 0 aromatic rings. The third kappa shape index (κ3) is 57.5. The van der Waals surface area contributed by atoms with Crippen molar-refractivity contribution in [1.82, 2.24) is 0 Å². The second-order valence-corrected chi connectivity index (χ2v) is 2.45. The van der Waals surface area contributed by atoms with Gasteiger partial charge in [0.1, 0.15) is 0 Å². The summed E-state index contributed by atoms with van der Waals surface area (Å²) < 4.78 is 0. The van der Waals surface area contributed by atoms with Crippen molar-refractivity contribution >= 4 is 12.6 Å². The van der Waals surface area contributed by atoms with E-state index in [9.17, 15) is 0 Å². The Labute approximate surface area is 65.8 Å². The summed E-state index contributed by atoms with van der Waals surface area (Å²) in [5.74, 6) is 0. The maximum atomic E-state index is 8.34. The van der Waals surface area contributed by atoms with Crippen LogP contribution in [0.2, 0.25) is 0 Å². The Hall–Kier alpha value is 1.31. The third-order valence-corrected chi connectivity index (χ3v) is 0. The monoisotopic (exact) mass is 114 g/mol. The zero-order valence-corrected chi connectivity index (χ0v) is 7.17. The fraction of sp³-hybridized carbons (Fsp3) is 1.00. The van der Waals surface area contributed by atoms with Gasteiger partial charge in [0.05, 0.1) is 0 Å². The van der Waals surface area contributed by atoms with Crippen LogP contribution in [0.3, 0.4) is 0 Å². The average molecular weight is 114 g/mol. The standard InChI is InChI=1S/C3H8OS.Na/c1-3(2,4)5;/h4-5H,1-2H3;/q;+1/p-1. The van der Waals surface area contributed by atoms with E-state index in [0.29, 0.717) is 0 Å². The Morgan fingerprint density at radius 1 is 1.50 bits per heavy atom. The van der Waals surface area contributed by atoms with E-state index in [-0.39, 0.29) is 29.6 Å². The van der Waals surface area contributed by atoms with Gasteiger partial charge in [-0.3, -0.25) is 0 Å². The SMILES string of the molecule is CC(C)(O)[S-].[Na+]. The van der Waals surface area contributed by atoms with Crippen molar-refractivity contribution in [2.45, 2.75) is 18.8 Å². The molecule has 0 bridgehead atoms. The molecule has 0 amide bonds. The first-order valence-electron chi connectivity index (χ1n) is 1.43. The van der Waals surface area contributed by atoms with Gasteiger partial charge in [0.2, 0.25) is 0 Å². The minimum Gasteiger partial charge on any atom is -0.759 e. The van der Waals surface area contributed by atoms with Crippen LogP contribution in [0, 0.1) is 0 Å². The van der Waals surface area contributed by atoms with Crippen LogP contribution in [0.5, 0.6) is 0 Å². The van der Waals surface area contributed by atoms with Crippen LogP contribution in [0.1, 0.15) is 13.8 Å². The molecule has 0 aliphatic rings. The molecule has 0 spiro atoms. The maximum absolute atomic E-state index is 8.34. The van der Waals surface area contributed by atoms with E-state index in [1.807, 2.05) is 0 Å². The summed E-state index contributed by atoms with van der Waals surface area (Å²) >= 11 is 4.38. The summed E-state index contributed by atoms with van der Waals surface area (Å²) in [5, 5.41) is 8.34. The van der Waals surface area contributed by atoms with Crippen molar-refractivity contribution in [2.75, 3.05) is 0 Å². The van der Waals surface area contributed by atoms with Crippen LogP contribution >= 0.6 is 0 Å². The first kappa shape index (κ1) is 10.3. The molecule has 32 valence electrons. The molecule has 0 heterocycles. The Bertz CT molecular complexity index is 26.3. The third-order valence-electron chi connectivity index (χ3n) is 0. The number of aliphatic hydroxyl groups is 1. The quantitative estimate of drug-likeness (QED) is 0.272. The molecule has 1 nitrogen and oxygen atoms in total. The fourth-order valence-electron chi connectivity index (χ4n) is 0.